The number of nitrogens with one attached hydrogen (secondary N) is 3. The van der Waals surface area contributed by atoms with Crippen molar-refractivity contribution in [3.8, 4) is 0 Å². The normalized spacial score (nSPS) is 24.5. The average molecular weight is 896 g/mol. The number of fused-ring (bicyclic) bond motifs is 1. The Hall–Kier alpha value is -5.42. The largest absolute Gasteiger partial charge is 0.384 e. The predicted molar refractivity (Wildman–Crippen MR) is 245 cm³/mol. The number of halogens is 2. The van der Waals surface area contributed by atoms with Gasteiger partial charge in [-0.3, -0.25) is 29.4 Å². The van der Waals surface area contributed by atoms with Gasteiger partial charge in [0, 0.05) is 101 Å². The Labute approximate surface area is 380 Å². The first-order valence-electron chi connectivity index (χ1n) is 23.4. The van der Waals surface area contributed by atoms with Crippen LogP contribution in [0.3, 0.4) is 0 Å². The number of hydrogen-bond acceptors (Lipinski definition) is 12. The maximum Gasteiger partial charge on any atom is 0.255 e. The molecule has 3 aromatic rings. The molecule has 7 heterocycles. The van der Waals surface area contributed by atoms with Gasteiger partial charge >= 0.3 is 0 Å². The molecule has 0 aliphatic carbocycles. The van der Waals surface area contributed by atoms with Gasteiger partial charge < -0.3 is 35.1 Å². The SMILES string of the molecule is C[C@@H]1CN(c2cc(N3CCC4(CC3)CN(c3cc(F)c(CN5CCC(C)(C)CC5)cc3F)CC(=O)N4)ncn2)C[C@@H]1CN(C)CCNc1ccc2c(c1)CN(C1CCC(=O)NC1=O)C2=O. The summed E-state index contributed by atoms with van der Waals surface area (Å²) in [5, 5.41) is 9.09. The fourth-order valence-electron chi connectivity index (χ4n) is 10.8. The number of likely N-dealkylation sites (tertiary alicyclic amines) is 1. The molecule has 1 spiro atoms. The number of rotatable bonds is 12. The van der Waals surface area contributed by atoms with Gasteiger partial charge in [0.15, 0.2) is 0 Å². The summed E-state index contributed by atoms with van der Waals surface area (Å²) in [6.45, 7) is 15.1. The average Bonchev–Trinajstić information content (AvgIpc) is 3.80. The molecule has 3 atom stereocenters. The molecule has 348 valence electrons. The van der Waals surface area contributed by atoms with E-state index in [-0.39, 0.29) is 41.8 Å². The van der Waals surface area contributed by atoms with E-state index < -0.39 is 29.1 Å². The number of imide groups is 1. The van der Waals surface area contributed by atoms with E-state index in [0.717, 1.165) is 81.5 Å². The summed E-state index contributed by atoms with van der Waals surface area (Å²) in [6, 6.07) is 9.75. The van der Waals surface area contributed by atoms with Crippen molar-refractivity contribution in [3.05, 3.63) is 71.1 Å². The second-order valence-electron chi connectivity index (χ2n) is 20.3. The lowest BCUT2D eigenvalue weighted by molar-refractivity contribution is -0.137. The molecule has 17 heteroatoms. The van der Waals surface area contributed by atoms with Crippen LogP contribution in [0.5, 0.6) is 0 Å². The van der Waals surface area contributed by atoms with Crippen LogP contribution in [0.4, 0.5) is 31.8 Å². The van der Waals surface area contributed by atoms with Gasteiger partial charge in [0.05, 0.1) is 17.8 Å². The molecule has 4 amide bonds. The molecule has 0 bridgehead atoms. The van der Waals surface area contributed by atoms with E-state index >= 15 is 8.78 Å². The van der Waals surface area contributed by atoms with Gasteiger partial charge in [-0.2, -0.15) is 0 Å². The highest BCUT2D eigenvalue weighted by molar-refractivity contribution is 6.05. The maximum absolute atomic E-state index is 15.7. The fourth-order valence-corrected chi connectivity index (χ4v) is 10.8. The van der Waals surface area contributed by atoms with Crippen LogP contribution in [-0.2, 0) is 27.5 Å². The number of benzene rings is 2. The van der Waals surface area contributed by atoms with Crippen molar-refractivity contribution in [1.29, 1.82) is 0 Å². The fraction of sp³-hybridized carbons (Fsp3) is 0.583. The quantitative estimate of drug-likeness (QED) is 0.224. The number of carbonyl (C=O) groups is 4. The number of anilines is 4. The lowest BCUT2D eigenvalue weighted by Crippen LogP contribution is -2.66. The third kappa shape index (κ3) is 9.77. The maximum atomic E-state index is 15.7. The second kappa shape index (κ2) is 18.1. The van der Waals surface area contributed by atoms with E-state index in [1.807, 2.05) is 18.2 Å². The van der Waals surface area contributed by atoms with Crippen LogP contribution in [0.25, 0.3) is 0 Å². The zero-order valence-electron chi connectivity index (χ0n) is 38.2. The smallest absolute Gasteiger partial charge is 0.255 e. The van der Waals surface area contributed by atoms with Gasteiger partial charge in [-0.1, -0.05) is 20.8 Å². The molecule has 1 unspecified atom stereocenters. The van der Waals surface area contributed by atoms with Gasteiger partial charge in [0.1, 0.15) is 35.6 Å². The van der Waals surface area contributed by atoms with Gasteiger partial charge in [0.2, 0.25) is 17.7 Å². The third-order valence-electron chi connectivity index (χ3n) is 15.0. The zero-order valence-corrected chi connectivity index (χ0v) is 38.2. The lowest BCUT2D eigenvalue weighted by atomic mass is 9.82. The van der Waals surface area contributed by atoms with Gasteiger partial charge in [-0.15, -0.1) is 0 Å². The minimum atomic E-state index is -0.630. The Morgan fingerprint density at radius 3 is 2.37 bits per heavy atom. The highest BCUT2D eigenvalue weighted by Gasteiger charge is 2.43. The van der Waals surface area contributed by atoms with Crippen LogP contribution in [0.15, 0.2) is 42.7 Å². The number of nitrogens with zero attached hydrogens (tertiary/aromatic N) is 8. The Bertz CT molecular complexity index is 2310. The lowest BCUT2D eigenvalue weighted by Gasteiger charge is -2.48. The molecule has 6 aliphatic heterocycles. The van der Waals surface area contributed by atoms with Crippen LogP contribution in [-0.4, -0.2) is 139 Å². The molecule has 0 radical (unpaired) electrons. The number of amides is 4. The van der Waals surface area contributed by atoms with Crippen LogP contribution in [0.1, 0.15) is 80.8 Å². The van der Waals surface area contributed by atoms with E-state index in [4.69, 9.17) is 0 Å². The summed E-state index contributed by atoms with van der Waals surface area (Å²) in [5.41, 5.74) is 2.60. The van der Waals surface area contributed by atoms with E-state index in [1.54, 1.807) is 16.1 Å². The van der Waals surface area contributed by atoms with Gasteiger partial charge in [-0.25, -0.2) is 18.7 Å². The van der Waals surface area contributed by atoms with E-state index in [2.05, 4.69) is 79.4 Å². The first-order chi connectivity index (χ1) is 31.1. The zero-order chi connectivity index (χ0) is 45.6. The van der Waals surface area contributed by atoms with E-state index in [0.29, 0.717) is 74.9 Å². The summed E-state index contributed by atoms with van der Waals surface area (Å²) in [7, 11) is 2.14. The molecule has 15 nitrogen and oxygen atoms in total. The Morgan fingerprint density at radius 2 is 1.62 bits per heavy atom. The van der Waals surface area contributed by atoms with Crippen LogP contribution in [0.2, 0.25) is 0 Å². The van der Waals surface area contributed by atoms with Crippen LogP contribution in [0, 0.1) is 28.9 Å². The number of carbonyl (C=O) groups excluding carboxylic acids is 4. The minimum absolute atomic E-state index is 0.0190. The number of piperidine rings is 3. The van der Waals surface area contributed by atoms with Crippen molar-refractivity contribution in [1.82, 2.24) is 35.3 Å². The molecule has 3 N–H and O–H groups in total. The summed E-state index contributed by atoms with van der Waals surface area (Å²) >= 11 is 0. The molecule has 1 aromatic heterocycles. The predicted octanol–water partition coefficient (Wildman–Crippen LogP) is 4.23. The highest BCUT2D eigenvalue weighted by Crippen LogP contribution is 2.36. The third-order valence-corrected chi connectivity index (χ3v) is 15.0. The molecule has 9 rings (SSSR count). The standard InChI is InChI=1S/C48H63F2N11O4/c1-31-23-59(26-34(31)24-56(4)18-13-51-35-5-6-36-32(19-35)27-61(46(36)65)39-7-8-43(62)54-45(39)64)42-22-41(52-30-53-42)58-16-11-48(12-17-58)29-60(28-44(63)55-48)40-21-37(49)33(20-38(40)50)25-57-14-9-47(2,3)10-15-57/h5-6,19-22,30-31,34,39,51H,7-18,23-29H2,1-4H3,(H,55,63)(H,54,62,64)/t31-,34+,39?/m1/s1. The second-order valence-corrected chi connectivity index (χ2v) is 20.3. The van der Waals surface area contributed by atoms with Crippen LogP contribution < -0.4 is 30.7 Å². The monoisotopic (exact) mass is 896 g/mol. The number of piperazine rings is 1. The topological polar surface area (TPSA) is 150 Å². The highest BCUT2D eigenvalue weighted by atomic mass is 19.1. The Morgan fingerprint density at radius 1 is 0.862 bits per heavy atom. The minimum Gasteiger partial charge on any atom is -0.384 e. The first kappa shape index (κ1) is 44.8. The van der Waals surface area contributed by atoms with Crippen molar-refractivity contribution in [2.45, 2.75) is 84.0 Å². The Balaban J connectivity index is 0.747. The Kier molecular flexibility index (Phi) is 12.5. The molecule has 5 fully saturated rings. The van der Waals surface area contributed by atoms with Crippen molar-refractivity contribution in [2.24, 2.45) is 17.3 Å². The van der Waals surface area contributed by atoms with Crippen molar-refractivity contribution >= 4 is 46.6 Å². The number of aromatic nitrogens is 2. The molecule has 0 saturated carbocycles. The molecule has 2 aromatic carbocycles. The number of hydrogen-bond donors (Lipinski definition) is 3. The van der Waals surface area contributed by atoms with E-state index in [9.17, 15) is 19.2 Å². The number of likely N-dealkylation sites (N-methyl/N-ethyl adjacent to an activating group) is 1. The summed E-state index contributed by atoms with van der Waals surface area (Å²) < 4.78 is 31.3. The van der Waals surface area contributed by atoms with Crippen molar-refractivity contribution < 1.29 is 28.0 Å². The summed E-state index contributed by atoms with van der Waals surface area (Å²) in [5.74, 6) is 0.623. The van der Waals surface area contributed by atoms with Crippen molar-refractivity contribution in [3.63, 3.8) is 0 Å². The summed E-state index contributed by atoms with van der Waals surface area (Å²) in [6.07, 6.45) is 5.53. The van der Waals surface area contributed by atoms with Crippen molar-refractivity contribution in [2.75, 3.05) is 99.1 Å². The molecule has 5 saturated heterocycles. The molecular weight excluding hydrogens is 833 g/mol. The molecular formula is C48H63F2N11O4. The molecule has 65 heavy (non-hydrogen) atoms. The van der Waals surface area contributed by atoms with Gasteiger partial charge in [0.25, 0.3) is 5.91 Å². The summed E-state index contributed by atoms with van der Waals surface area (Å²) in [4.78, 5) is 72.0. The first-order valence-corrected chi connectivity index (χ1v) is 23.4. The van der Waals surface area contributed by atoms with Gasteiger partial charge in [-0.05, 0) is 99.3 Å². The molecule has 6 aliphatic rings. The van der Waals surface area contributed by atoms with Crippen LogP contribution >= 0.6 is 0 Å². The van der Waals surface area contributed by atoms with E-state index in [1.165, 1.54) is 12.1 Å².